The number of benzene rings is 6. The van der Waals surface area contributed by atoms with Gasteiger partial charge < -0.3 is 18.6 Å². The number of hydrogen-bond donors (Lipinski definition) is 0. The molecule has 0 spiro atoms. The minimum absolute atomic E-state index is 0.0534. The Labute approximate surface area is 340 Å². The molecular weight excluding hydrogens is 707 g/mol. The molecule has 2 aliphatic carbocycles. The highest BCUT2D eigenvalue weighted by Gasteiger charge is 2.52. The summed E-state index contributed by atoms with van der Waals surface area (Å²) in [5.41, 5.74) is 19.4. The van der Waals surface area contributed by atoms with Gasteiger partial charge >= 0.3 is 6.71 Å². The summed E-state index contributed by atoms with van der Waals surface area (Å²) in [7, 11) is 0. The Hall–Kier alpha value is -6.20. The fourth-order valence-electron chi connectivity index (χ4n) is 11.7. The Morgan fingerprint density at radius 1 is 0.707 bits per heavy atom. The molecule has 0 saturated heterocycles. The van der Waals surface area contributed by atoms with Crippen LogP contribution in [-0.4, -0.2) is 6.71 Å². The summed E-state index contributed by atoms with van der Waals surface area (Å²) >= 11 is 0. The van der Waals surface area contributed by atoms with Crippen molar-refractivity contribution in [3.05, 3.63) is 162 Å². The van der Waals surface area contributed by atoms with Crippen molar-refractivity contribution in [3.63, 3.8) is 0 Å². The van der Waals surface area contributed by atoms with E-state index in [1.165, 1.54) is 55.6 Å². The van der Waals surface area contributed by atoms with E-state index in [1.807, 2.05) is 0 Å². The largest absolute Gasteiger partial charge is 0.468 e. The molecule has 0 bridgehead atoms. The van der Waals surface area contributed by atoms with Crippen molar-refractivity contribution < 1.29 is 8.83 Å². The topological polar surface area (TPSA) is 32.8 Å². The highest BCUT2D eigenvalue weighted by molar-refractivity contribution is 6.99. The summed E-state index contributed by atoms with van der Waals surface area (Å²) < 4.78 is 14.5. The lowest BCUT2D eigenvalue weighted by Gasteiger charge is -2.45. The van der Waals surface area contributed by atoms with E-state index in [1.54, 1.807) is 0 Å². The molecule has 1 fully saturated rings. The van der Waals surface area contributed by atoms with Crippen LogP contribution < -0.4 is 26.6 Å². The third kappa shape index (κ3) is 4.42. The van der Waals surface area contributed by atoms with E-state index < -0.39 is 0 Å². The maximum atomic E-state index is 7.38. The maximum Gasteiger partial charge on any atom is 0.342 e. The van der Waals surface area contributed by atoms with Crippen molar-refractivity contribution in [2.24, 2.45) is 5.92 Å². The molecule has 282 valence electrons. The monoisotopic (exact) mass is 752 g/mol. The van der Waals surface area contributed by atoms with E-state index in [4.69, 9.17) is 8.83 Å². The Balaban J connectivity index is 1.26. The normalized spacial score (nSPS) is 19.9. The second-order valence-electron chi connectivity index (χ2n) is 17.9. The van der Waals surface area contributed by atoms with Crippen molar-refractivity contribution in [1.29, 1.82) is 0 Å². The van der Waals surface area contributed by atoms with Gasteiger partial charge in [0.1, 0.15) is 22.5 Å². The van der Waals surface area contributed by atoms with Gasteiger partial charge in [-0.3, -0.25) is 0 Å². The summed E-state index contributed by atoms with van der Waals surface area (Å²) in [6.45, 7) is 13.9. The molecule has 4 nitrogen and oxygen atoms in total. The maximum absolute atomic E-state index is 7.38. The lowest BCUT2D eigenvalue weighted by Crippen LogP contribution is -2.60. The molecule has 8 aromatic rings. The summed E-state index contributed by atoms with van der Waals surface area (Å²) in [5.74, 6) is 0.552. The predicted octanol–water partition coefficient (Wildman–Crippen LogP) is 12.6. The van der Waals surface area contributed by atoms with Gasteiger partial charge in [-0.2, -0.15) is 0 Å². The quantitative estimate of drug-likeness (QED) is 0.132. The molecule has 1 saturated carbocycles. The van der Waals surface area contributed by atoms with Crippen LogP contribution in [0.1, 0.15) is 70.1 Å². The van der Waals surface area contributed by atoms with Crippen LogP contribution in [-0.2, 0) is 10.8 Å². The van der Waals surface area contributed by atoms with Crippen molar-refractivity contribution >= 4 is 79.6 Å². The van der Waals surface area contributed by atoms with Gasteiger partial charge in [-0.05, 0) is 125 Å². The number of anilines is 6. The molecule has 5 heteroatoms. The van der Waals surface area contributed by atoms with Crippen molar-refractivity contribution in [2.45, 2.75) is 64.2 Å². The van der Waals surface area contributed by atoms with Gasteiger partial charge in [0.2, 0.25) is 0 Å². The van der Waals surface area contributed by atoms with Gasteiger partial charge in [0.05, 0.1) is 16.8 Å². The Morgan fingerprint density at radius 3 is 2.03 bits per heavy atom. The van der Waals surface area contributed by atoms with E-state index in [0.29, 0.717) is 5.92 Å². The predicted molar refractivity (Wildman–Crippen MR) is 242 cm³/mol. The average Bonchev–Trinajstić information content (AvgIpc) is 3.89. The molecule has 0 radical (unpaired) electrons. The standard InChI is InChI=1S/C53H45BN2O2/c1-6-53(30-32(2)27-33(3)31-53)34-28-41-47-42(29-34)56(36-19-11-8-12-20-36)49-46-44(26-25-40-45(46)37-21-13-15-23-39(37)52(40,4)5)58-51(49)54(47)50-48(38-22-14-16-24-43(38)57-50)55(41)35-17-9-7-10-18-35/h7-26,28-29,33H,2,6,27,30-31H2,1,3-5H3. The van der Waals surface area contributed by atoms with E-state index in [9.17, 15) is 0 Å². The molecule has 4 heterocycles. The first-order chi connectivity index (χ1) is 28.3. The van der Waals surface area contributed by atoms with Crippen LogP contribution in [0.4, 0.5) is 34.1 Å². The summed E-state index contributed by atoms with van der Waals surface area (Å²) in [5, 5.41) is 2.27. The SMILES string of the molecule is C=C1CC(C)CC(CC)(c2cc3c4c(c2)N(c2ccccc2)c2c(oc5ccc6c(c25)-c2ccccc2C6(C)C)B4c2oc4ccccc4c2N3c2ccccc2)C1. The molecule has 2 atom stereocenters. The van der Waals surface area contributed by atoms with Gasteiger partial charge in [-0.15, -0.1) is 0 Å². The van der Waals surface area contributed by atoms with E-state index in [0.717, 1.165) is 76.3 Å². The zero-order valence-corrected chi connectivity index (χ0v) is 33.6. The van der Waals surface area contributed by atoms with Crippen LogP contribution in [0.25, 0.3) is 33.1 Å². The minimum Gasteiger partial charge on any atom is -0.468 e. The number of para-hydroxylation sites is 3. The first-order valence-corrected chi connectivity index (χ1v) is 21.0. The van der Waals surface area contributed by atoms with E-state index >= 15 is 0 Å². The Kier molecular flexibility index (Phi) is 6.97. The number of hydrogen-bond acceptors (Lipinski definition) is 4. The molecule has 2 aromatic heterocycles. The highest BCUT2D eigenvalue weighted by atomic mass is 16.3. The van der Waals surface area contributed by atoms with Gasteiger partial charge in [0.15, 0.2) is 0 Å². The van der Waals surface area contributed by atoms with Gasteiger partial charge in [-0.1, -0.05) is 119 Å². The average molecular weight is 753 g/mol. The van der Waals surface area contributed by atoms with Crippen molar-refractivity contribution in [1.82, 2.24) is 0 Å². The molecule has 2 unspecified atom stereocenters. The Bertz CT molecular complexity index is 3010. The van der Waals surface area contributed by atoms with Crippen LogP contribution in [0.5, 0.6) is 0 Å². The molecule has 0 amide bonds. The lowest BCUT2D eigenvalue weighted by molar-refractivity contribution is 0.271. The zero-order valence-electron chi connectivity index (χ0n) is 33.6. The third-order valence-corrected chi connectivity index (χ3v) is 14.2. The van der Waals surface area contributed by atoms with Crippen LogP contribution in [0, 0.1) is 5.92 Å². The highest BCUT2D eigenvalue weighted by Crippen LogP contribution is 2.57. The molecule has 6 aromatic carbocycles. The number of rotatable bonds is 4. The molecule has 0 N–H and O–H groups in total. The molecular formula is C53H45BN2O2. The number of furan rings is 2. The van der Waals surface area contributed by atoms with Crippen LogP contribution in [0.3, 0.4) is 0 Å². The first-order valence-electron chi connectivity index (χ1n) is 21.0. The second-order valence-corrected chi connectivity index (χ2v) is 17.9. The third-order valence-electron chi connectivity index (χ3n) is 14.2. The molecule has 4 aliphatic rings. The first kappa shape index (κ1) is 33.9. The summed E-state index contributed by atoms with van der Waals surface area (Å²) in [4.78, 5) is 5.02. The van der Waals surface area contributed by atoms with Crippen molar-refractivity contribution in [3.8, 4) is 11.1 Å². The summed E-state index contributed by atoms with van der Waals surface area (Å²) in [6, 6.07) is 48.9. The lowest BCUT2D eigenvalue weighted by atomic mass is 9.37. The second kappa shape index (κ2) is 11.9. The van der Waals surface area contributed by atoms with Crippen LogP contribution >= 0.6 is 0 Å². The molecule has 58 heavy (non-hydrogen) atoms. The minimum atomic E-state index is -0.276. The van der Waals surface area contributed by atoms with Crippen molar-refractivity contribution in [2.75, 3.05) is 9.80 Å². The summed E-state index contributed by atoms with van der Waals surface area (Å²) in [6.07, 6.45) is 4.24. The van der Waals surface area contributed by atoms with Crippen LogP contribution in [0.2, 0.25) is 0 Å². The van der Waals surface area contributed by atoms with Gasteiger partial charge in [-0.25, -0.2) is 0 Å². The van der Waals surface area contributed by atoms with E-state index in [-0.39, 0.29) is 17.5 Å². The molecule has 2 aliphatic heterocycles. The van der Waals surface area contributed by atoms with E-state index in [2.05, 4.69) is 178 Å². The number of nitrogens with zero attached hydrogens (tertiary/aromatic N) is 2. The van der Waals surface area contributed by atoms with Crippen LogP contribution in [0.15, 0.2) is 154 Å². The van der Waals surface area contributed by atoms with Gasteiger partial charge in [0, 0.05) is 33.6 Å². The fraction of sp³-hybridized carbons (Fsp3) is 0.208. The Morgan fingerprint density at radius 2 is 1.33 bits per heavy atom. The zero-order chi connectivity index (χ0) is 39.1. The fourth-order valence-corrected chi connectivity index (χ4v) is 11.7. The molecule has 12 rings (SSSR count). The number of fused-ring (bicyclic) bond motifs is 12. The number of allylic oxidation sites excluding steroid dienone is 1. The smallest absolute Gasteiger partial charge is 0.342 e. The van der Waals surface area contributed by atoms with Gasteiger partial charge in [0.25, 0.3) is 0 Å².